The zero-order chi connectivity index (χ0) is 20.4. The molecular weight excluding hydrogens is 366 g/mol. The van der Waals surface area contributed by atoms with E-state index in [-0.39, 0.29) is 23.8 Å². The fourth-order valence-corrected chi connectivity index (χ4v) is 4.64. The molecule has 2 aliphatic rings. The number of carbonyl (C=O) groups excluding carboxylic acids is 2. The summed E-state index contributed by atoms with van der Waals surface area (Å²) in [5.74, 6) is 1.08. The van der Waals surface area contributed by atoms with Gasteiger partial charge in [-0.25, -0.2) is 4.98 Å². The van der Waals surface area contributed by atoms with Gasteiger partial charge in [0.15, 0.2) is 0 Å². The normalized spacial score (nSPS) is 27.8. The van der Waals surface area contributed by atoms with Gasteiger partial charge in [0.25, 0.3) is 5.91 Å². The number of likely N-dealkylation sites (tertiary alicyclic amines) is 1. The molecule has 2 fully saturated rings. The Hall–Kier alpha value is -2.41. The highest BCUT2D eigenvalue weighted by Crippen LogP contribution is 2.26. The van der Waals surface area contributed by atoms with Crippen LogP contribution in [0.1, 0.15) is 49.6 Å². The zero-order valence-corrected chi connectivity index (χ0v) is 17.3. The van der Waals surface area contributed by atoms with E-state index in [9.17, 15) is 9.59 Å². The van der Waals surface area contributed by atoms with Crippen LogP contribution in [0.3, 0.4) is 0 Å². The number of imidazole rings is 1. The van der Waals surface area contributed by atoms with Gasteiger partial charge < -0.3 is 15.5 Å². The molecule has 0 radical (unpaired) electrons. The predicted octanol–water partition coefficient (Wildman–Crippen LogP) is 2.08. The van der Waals surface area contributed by atoms with Crippen LogP contribution >= 0.6 is 0 Å². The maximum Gasteiger partial charge on any atom is 0.287 e. The number of carbonyl (C=O) groups is 2. The summed E-state index contributed by atoms with van der Waals surface area (Å²) in [6.07, 6.45) is 8.53. The summed E-state index contributed by atoms with van der Waals surface area (Å²) >= 11 is 0. The van der Waals surface area contributed by atoms with Gasteiger partial charge in [-0.2, -0.15) is 0 Å². The fraction of sp³-hybridized carbons (Fsp3) is 0.591. The molecule has 1 aliphatic heterocycles. The Bertz CT molecular complexity index is 861. The Morgan fingerprint density at radius 2 is 2.00 bits per heavy atom. The number of nitrogens with one attached hydrogen (secondary N) is 2. The zero-order valence-electron chi connectivity index (χ0n) is 17.3. The van der Waals surface area contributed by atoms with Crippen LogP contribution in [-0.4, -0.2) is 58.3 Å². The molecule has 0 spiro atoms. The van der Waals surface area contributed by atoms with Crippen LogP contribution < -0.4 is 10.6 Å². The first-order valence-corrected chi connectivity index (χ1v) is 10.7. The van der Waals surface area contributed by atoms with Crippen molar-refractivity contribution in [3.05, 3.63) is 36.4 Å². The molecule has 2 amide bonds. The molecular formula is C22H31N5O2. The quantitative estimate of drug-likeness (QED) is 0.810. The lowest BCUT2D eigenvalue weighted by atomic mass is 9.85. The first kappa shape index (κ1) is 19.9. The van der Waals surface area contributed by atoms with Gasteiger partial charge in [-0.15, -0.1) is 0 Å². The van der Waals surface area contributed by atoms with Crippen molar-refractivity contribution in [2.75, 3.05) is 20.1 Å². The third-order valence-corrected chi connectivity index (χ3v) is 6.64. The number of hydrogen-bond donors (Lipinski definition) is 2. The summed E-state index contributed by atoms with van der Waals surface area (Å²) in [4.78, 5) is 31.6. The highest BCUT2D eigenvalue weighted by molar-refractivity contribution is 5.91. The third-order valence-electron chi connectivity index (χ3n) is 6.64. The predicted molar refractivity (Wildman–Crippen MR) is 112 cm³/mol. The Morgan fingerprint density at radius 3 is 2.72 bits per heavy atom. The van der Waals surface area contributed by atoms with E-state index in [4.69, 9.17) is 0 Å². The van der Waals surface area contributed by atoms with Gasteiger partial charge in [0.1, 0.15) is 0 Å². The average molecular weight is 398 g/mol. The summed E-state index contributed by atoms with van der Waals surface area (Å²) < 4.78 is 1.81. The number of hydrogen-bond acceptors (Lipinski definition) is 4. The van der Waals surface area contributed by atoms with Gasteiger partial charge >= 0.3 is 0 Å². The molecule has 0 bridgehead atoms. The SMILES string of the molecule is C[C@@H]1C[C@H](C(=O)NC2CCC(CNC(=O)c3ncc4ccccn34)CC2)CN1C. The van der Waals surface area contributed by atoms with Crippen molar-refractivity contribution >= 4 is 17.3 Å². The van der Waals surface area contributed by atoms with E-state index in [1.165, 1.54) is 0 Å². The van der Waals surface area contributed by atoms with E-state index >= 15 is 0 Å². The van der Waals surface area contributed by atoms with Gasteiger partial charge in [0.05, 0.1) is 17.6 Å². The van der Waals surface area contributed by atoms with Gasteiger partial charge in [-0.1, -0.05) is 6.07 Å². The molecule has 0 aromatic carbocycles. The molecule has 1 aliphatic carbocycles. The number of pyridine rings is 1. The molecule has 29 heavy (non-hydrogen) atoms. The molecule has 1 saturated heterocycles. The number of nitrogens with zero attached hydrogens (tertiary/aromatic N) is 3. The van der Waals surface area contributed by atoms with E-state index in [1.807, 2.05) is 28.8 Å². The molecule has 7 heteroatoms. The van der Waals surface area contributed by atoms with Crippen LogP contribution in [0.2, 0.25) is 0 Å². The summed E-state index contributed by atoms with van der Waals surface area (Å²) in [5.41, 5.74) is 0.914. The number of fused-ring (bicyclic) bond motifs is 1. The molecule has 156 valence electrons. The average Bonchev–Trinajstić information content (AvgIpc) is 3.31. The Morgan fingerprint density at radius 1 is 1.21 bits per heavy atom. The van der Waals surface area contributed by atoms with Crippen LogP contribution in [0.25, 0.3) is 5.52 Å². The molecule has 7 nitrogen and oxygen atoms in total. The fourth-order valence-electron chi connectivity index (χ4n) is 4.64. The first-order chi connectivity index (χ1) is 14.0. The topological polar surface area (TPSA) is 78.7 Å². The number of rotatable bonds is 5. The smallest absolute Gasteiger partial charge is 0.287 e. The van der Waals surface area contributed by atoms with Crippen molar-refractivity contribution in [3.63, 3.8) is 0 Å². The number of aromatic nitrogens is 2. The third kappa shape index (κ3) is 4.45. The Labute approximate surface area is 171 Å². The summed E-state index contributed by atoms with van der Waals surface area (Å²) in [7, 11) is 2.09. The summed E-state index contributed by atoms with van der Waals surface area (Å²) in [5, 5.41) is 6.31. The maximum atomic E-state index is 12.5. The van der Waals surface area contributed by atoms with E-state index in [2.05, 4.69) is 34.5 Å². The van der Waals surface area contributed by atoms with E-state index < -0.39 is 0 Å². The van der Waals surface area contributed by atoms with Crippen molar-refractivity contribution in [1.82, 2.24) is 24.9 Å². The van der Waals surface area contributed by atoms with Gasteiger partial charge in [0, 0.05) is 31.4 Å². The van der Waals surface area contributed by atoms with Crippen LogP contribution in [0.15, 0.2) is 30.6 Å². The van der Waals surface area contributed by atoms with Gasteiger partial charge in [-0.3, -0.25) is 14.0 Å². The van der Waals surface area contributed by atoms with Crippen molar-refractivity contribution in [1.29, 1.82) is 0 Å². The lowest BCUT2D eigenvalue weighted by molar-refractivity contribution is -0.125. The molecule has 3 heterocycles. The van der Waals surface area contributed by atoms with Crippen molar-refractivity contribution in [2.45, 2.75) is 51.1 Å². The molecule has 0 unspecified atom stereocenters. The minimum absolute atomic E-state index is 0.122. The van der Waals surface area contributed by atoms with E-state index in [0.717, 1.165) is 44.2 Å². The second-order valence-corrected chi connectivity index (χ2v) is 8.73. The van der Waals surface area contributed by atoms with Crippen LogP contribution in [0, 0.1) is 11.8 Å². The lowest BCUT2D eigenvalue weighted by Crippen LogP contribution is -2.42. The highest BCUT2D eigenvalue weighted by Gasteiger charge is 2.33. The maximum absolute atomic E-state index is 12.5. The van der Waals surface area contributed by atoms with E-state index in [1.54, 1.807) is 6.20 Å². The molecule has 2 aromatic heterocycles. The van der Waals surface area contributed by atoms with Crippen molar-refractivity contribution in [2.24, 2.45) is 11.8 Å². The standard InChI is InChI=1S/C22H31N5O2/c1-15-11-17(14-26(15)2)21(28)25-18-8-6-16(7-9-18)12-24-22(29)20-23-13-19-5-3-4-10-27(19)20/h3-5,10,13,15-18H,6-9,11-12,14H2,1-2H3,(H,24,29)(H,25,28)/t15-,16?,17+,18?/m1/s1. The molecule has 2 N–H and O–H groups in total. The van der Waals surface area contributed by atoms with E-state index in [0.29, 0.717) is 24.3 Å². The second kappa shape index (κ2) is 8.53. The summed E-state index contributed by atoms with van der Waals surface area (Å²) in [6.45, 7) is 3.70. The van der Waals surface area contributed by atoms with Crippen molar-refractivity contribution < 1.29 is 9.59 Å². The van der Waals surface area contributed by atoms with Gasteiger partial charge in [0.2, 0.25) is 11.7 Å². The monoisotopic (exact) mass is 397 g/mol. The minimum Gasteiger partial charge on any atom is -0.353 e. The van der Waals surface area contributed by atoms with Crippen molar-refractivity contribution in [3.8, 4) is 0 Å². The molecule has 2 aromatic rings. The summed E-state index contributed by atoms with van der Waals surface area (Å²) in [6, 6.07) is 6.51. The largest absolute Gasteiger partial charge is 0.353 e. The first-order valence-electron chi connectivity index (χ1n) is 10.7. The Kier molecular flexibility index (Phi) is 5.85. The molecule has 1 saturated carbocycles. The van der Waals surface area contributed by atoms with Crippen LogP contribution in [0.4, 0.5) is 0 Å². The molecule has 4 rings (SSSR count). The Balaban J connectivity index is 1.21. The van der Waals surface area contributed by atoms with Crippen LogP contribution in [-0.2, 0) is 4.79 Å². The second-order valence-electron chi connectivity index (χ2n) is 8.73. The van der Waals surface area contributed by atoms with Gasteiger partial charge in [-0.05, 0) is 64.1 Å². The molecule has 2 atom stereocenters. The highest BCUT2D eigenvalue weighted by atomic mass is 16.2. The lowest BCUT2D eigenvalue weighted by Gasteiger charge is -2.30. The minimum atomic E-state index is -0.133. The van der Waals surface area contributed by atoms with Crippen LogP contribution in [0.5, 0.6) is 0 Å². The number of amides is 2.